The number of carbonyl (C=O) groups excluding carboxylic acids is 2. The van der Waals surface area contributed by atoms with E-state index in [-0.39, 0.29) is 42.9 Å². The van der Waals surface area contributed by atoms with E-state index in [1.54, 1.807) is 23.3 Å². The monoisotopic (exact) mass is 427 g/mol. The Bertz CT molecular complexity index is 904. The average Bonchev–Trinajstić information content (AvgIpc) is 3.47. The number of nitro benzene ring substituents is 1. The molecule has 2 heterocycles. The fraction of sp³-hybridized carbons (Fsp3) is 0.364. The van der Waals surface area contributed by atoms with Crippen molar-refractivity contribution in [2.45, 2.75) is 25.5 Å². The van der Waals surface area contributed by atoms with Crippen molar-refractivity contribution in [3.8, 4) is 0 Å². The molecule has 3 rings (SSSR count). The second-order valence-electron chi connectivity index (χ2n) is 7.27. The highest BCUT2D eigenvalue weighted by atomic mass is 16.6. The van der Waals surface area contributed by atoms with Gasteiger partial charge in [0.05, 0.1) is 23.8 Å². The fourth-order valence-electron chi connectivity index (χ4n) is 3.43. The molecule has 1 aliphatic rings. The van der Waals surface area contributed by atoms with Crippen LogP contribution in [0.25, 0.3) is 0 Å². The summed E-state index contributed by atoms with van der Waals surface area (Å²) in [6.07, 6.45) is 4.87. The van der Waals surface area contributed by atoms with Gasteiger partial charge in [-0.3, -0.25) is 19.7 Å². The zero-order valence-electron chi connectivity index (χ0n) is 17.1. The summed E-state index contributed by atoms with van der Waals surface area (Å²) < 4.78 is 11.1. The lowest BCUT2D eigenvalue weighted by Gasteiger charge is -2.28. The molecule has 1 aromatic heterocycles. The first-order chi connectivity index (χ1) is 15.0. The van der Waals surface area contributed by atoms with Crippen molar-refractivity contribution in [3.63, 3.8) is 0 Å². The van der Waals surface area contributed by atoms with Crippen molar-refractivity contribution in [3.05, 3.63) is 76.8 Å². The number of ether oxygens (including phenoxy) is 1. The van der Waals surface area contributed by atoms with Crippen LogP contribution >= 0.6 is 0 Å². The van der Waals surface area contributed by atoms with Gasteiger partial charge in [-0.2, -0.15) is 0 Å². The number of carbonyl (C=O) groups is 2. The Morgan fingerprint density at radius 1 is 1.23 bits per heavy atom. The highest BCUT2D eigenvalue weighted by molar-refractivity contribution is 5.96. The molecule has 0 aliphatic carbocycles. The molecule has 0 spiro atoms. The lowest BCUT2D eigenvalue weighted by atomic mass is 10.1. The number of furan rings is 1. The maximum atomic E-state index is 13.1. The minimum Gasteiger partial charge on any atom is -0.467 e. The Morgan fingerprint density at radius 3 is 2.58 bits per heavy atom. The van der Waals surface area contributed by atoms with Gasteiger partial charge in [0.1, 0.15) is 12.3 Å². The number of rotatable bonds is 10. The zero-order chi connectivity index (χ0) is 22.2. The van der Waals surface area contributed by atoms with Crippen LogP contribution in [0.2, 0.25) is 0 Å². The van der Waals surface area contributed by atoms with Crippen LogP contribution < -0.4 is 0 Å². The molecule has 1 fully saturated rings. The van der Waals surface area contributed by atoms with Crippen molar-refractivity contribution in [2.75, 3.05) is 26.2 Å². The van der Waals surface area contributed by atoms with E-state index in [4.69, 9.17) is 9.15 Å². The molecular formula is C22H25N3O6. The summed E-state index contributed by atoms with van der Waals surface area (Å²) in [5.41, 5.74) is 0.154. The largest absolute Gasteiger partial charge is 0.467 e. The number of amides is 2. The standard InChI is InChI=1S/C22H25N3O6/c1-2-11-23(22(27)17-7-9-18(10-8-17)25(28)29)16-21(26)24(14-19-5-3-12-30-19)15-20-6-4-13-31-20/h2-3,5,7-10,12,20H,1,4,6,11,13-16H2. The Labute approximate surface area is 180 Å². The van der Waals surface area contributed by atoms with Gasteiger partial charge >= 0.3 is 0 Å². The molecule has 0 saturated carbocycles. The number of benzene rings is 1. The summed E-state index contributed by atoms with van der Waals surface area (Å²) in [6, 6.07) is 8.84. The van der Waals surface area contributed by atoms with Crippen LogP contribution in [-0.4, -0.2) is 58.9 Å². The molecule has 1 aromatic carbocycles. The first-order valence-corrected chi connectivity index (χ1v) is 10.0. The van der Waals surface area contributed by atoms with Crippen LogP contribution in [0.15, 0.2) is 59.7 Å². The van der Waals surface area contributed by atoms with Gasteiger partial charge in [-0.15, -0.1) is 6.58 Å². The van der Waals surface area contributed by atoms with Gasteiger partial charge < -0.3 is 19.0 Å². The predicted molar refractivity (Wildman–Crippen MR) is 112 cm³/mol. The lowest BCUT2D eigenvalue weighted by Crippen LogP contribution is -2.45. The maximum Gasteiger partial charge on any atom is 0.269 e. The Kier molecular flexibility index (Phi) is 7.55. The van der Waals surface area contributed by atoms with Crippen LogP contribution in [0.4, 0.5) is 5.69 Å². The number of nitro groups is 1. The van der Waals surface area contributed by atoms with E-state index in [1.807, 2.05) is 0 Å². The molecule has 9 heteroatoms. The smallest absolute Gasteiger partial charge is 0.269 e. The van der Waals surface area contributed by atoms with E-state index in [0.29, 0.717) is 18.9 Å². The molecule has 9 nitrogen and oxygen atoms in total. The summed E-state index contributed by atoms with van der Waals surface area (Å²) in [5, 5.41) is 10.8. The number of hydrogen-bond donors (Lipinski definition) is 0. The first-order valence-electron chi connectivity index (χ1n) is 10.0. The molecule has 2 aromatic rings. The van der Waals surface area contributed by atoms with Crippen molar-refractivity contribution in [1.82, 2.24) is 9.80 Å². The molecule has 164 valence electrons. The lowest BCUT2D eigenvalue weighted by molar-refractivity contribution is -0.384. The molecule has 0 bridgehead atoms. The van der Waals surface area contributed by atoms with Gasteiger partial charge in [0.15, 0.2) is 0 Å². The highest BCUT2D eigenvalue weighted by Gasteiger charge is 2.26. The SMILES string of the molecule is C=CCN(CC(=O)N(Cc1ccco1)CC1CCCO1)C(=O)c1ccc([N+](=O)[O-])cc1. The minimum atomic E-state index is -0.531. The quantitative estimate of drug-likeness (QED) is 0.328. The first kappa shape index (κ1) is 22.2. The van der Waals surface area contributed by atoms with Crippen LogP contribution in [0.1, 0.15) is 29.0 Å². The fourth-order valence-corrected chi connectivity index (χ4v) is 3.43. The van der Waals surface area contributed by atoms with E-state index in [9.17, 15) is 19.7 Å². The average molecular weight is 427 g/mol. The van der Waals surface area contributed by atoms with Gasteiger partial charge in [-0.05, 0) is 37.1 Å². The summed E-state index contributed by atoms with van der Waals surface area (Å²) in [6.45, 7) is 5.03. The summed E-state index contributed by atoms with van der Waals surface area (Å²) in [5.74, 6) is -0.00876. The van der Waals surface area contributed by atoms with E-state index in [1.165, 1.54) is 35.2 Å². The number of nitrogens with zero attached hydrogens (tertiary/aromatic N) is 3. The van der Waals surface area contributed by atoms with Gasteiger partial charge in [0.2, 0.25) is 5.91 Å². The van der Waals surface area contributed by atoms with E-state index >= 15 is 0 Å². The van der Waals surface area contributed by atoms with Gasteiger partial charge in [-0.1, -0.05) is 6.08 Å². The number of hydrogen-bond acceptors (Lipinski definition) is 6. The number of non-ortho nitro benzene ring substituents is 1. The Balaban J connectivity index is 1.72. The van der Waals surface area contributed by atoms with Crippen molar-refractivity contribution in [1.29, 1.82) is 0 Å². The molecule has 2 amide bonds. The van der Waals surface area contributed by atoms with Gasteiger partial charge in [0, 0.05) is 37.4 Å². The van der Waals surface area contributed by atoms with Crippen LogP contribution in [-0.2, 0) is 16.1 Å². The molecule has 1 saturated heterocycles. The van der Waals surface area contributed by atoms with Gasteiger partial charge in [0.25, 0.3) is 11.6 Å². The summed E-state index contributed by atoms with van der Waals surface area (Å²) >= 11 is 0. The molecule has 1 unspecified atom stereocenters. The van der Waals surface area contributed by atoms with Crippen molar-refractivity contribution in [2.24, 2.45) is 0 Å². The normalized spacial score (nSPS) is 15.4. The van der Waals surface area contributed by atoms with Crippen molar-refractivity contribution >= 4 is 17.5 Å². The minimum absolute atomic E-state index is 0.0443. The van der Waals surface area contributed by atoms with Crippen LogP contribution in [0, 0.1) is 10.1 Å². The third kappa shape index (κ3) is 6.02. The third-order valence-corrected chi connectivity index (χ3v) is 5.02. The molecule has 31 heavy (non-hydrogen) atoms. The second kappa shape index (κ2) is 10.5. The molecule has 1 atom stereocenters. The summed E-state index contributed by atoms with van der Waals surface area (Å²) in [7, 11) is 0. The molecule has 0 N–H and O–H groups in total. The van der Waals surface area contributed by atoms with E-state index in [2.05, 4.69) is 6.58 Å². The maximum absolute atomic E-state index is 13.1. The van der Waals surface area contributed by atoms with Crippen LogP contribution in [0.5, 0.6) is 0 Å². The predicted octanol–water partition coefficient (Wildman–Crippen LogP) is 3.02. The Hall–Kier alpha value is -3.46. The van der Waals surface area contributed by atoms with Crippen LogP contribution in [0.3, 0.4) is 0 Å². The van der Waals surface area contributed by atoms with E-state index in [0.717, 1.165) is 12.8 Å². The molecular weight excluding hydrogens is 402 g/mol. The summed E-state index contributed by atoms with van der Waals surface area (Å²) in [4.78, 5) is 39.4. The topological polar surface area (TPSA) is 106 Å². The Morgan fingerprint density at radius 2 is 2.00 bits per heavy atom. The van der Waals surface area contributed by atoms with Gasteiger partial charge in [-0.25, -0.2) is 0 Å². The van der Waals surface area contributed by atoms with Crippen molar-refractivity contribution < 1.29 is 23.7 Å². The molecule has 0 radical (unpaired) electrons. The third-order valence-electron chi connectivity index (χ3n) is 5.02. The molecule has 1 aliphatic heterocycles. The zero-order valence-corrected chi connectivity index (χ0v) is 17.1. The second-order valence-corrected chi connectivity index (χ2v) is 7.27. The van der Waals surface area contributed by atoms with E-state index < -0.39 is 10.8 Å². The highest BCUT2D eigenvalue weighted by Crippen LogP contribution is 2.17.